The third kappa shape index (κ3) is 4.97. The standard InChI is InChI=1S/C27H46N2O6/c1-9-34-23(33)19-18-22(32)29(13-11-10-12-14-30)20(27(18)15-17(2)26(19,8)35-27)21(31)28-25(6,7)16-24(3,4)5/h17-20,30H,9-16H2,1-8H3,(H,28,31)/t17?,18-,19-,20?,26+,27?/m0/s1. The lowest BCUT2D eigenvalue weighted by molar-refractivity contribution is -0.161. The van der Waals surface area contributed by atoms with E-state index < -0.39 is 40.6 Å². The number of carbonyl (C=O) groups is 3. The fraction of sp³-hybridized carbons (Fsp3) is 0.889. The zero-order valence-corrected chi connectivity index (χ0v) is 22.9. The lowest BCUT2D eigenvalue weighted by atomic mass is 9.62. The Balaban J connectivity index is 1.99. The molecule has 200 valence electrons. The van der Waals surface area contributed by atoms with Gasteiger partial charge in [-0.25, -0.2) is 0 Å². The smallest absolute Gasteiger partial charge is 0.312 e. The maximum Gasteiger partial charge on any atom is 0.312 e. The molecule has 8 nitrogen and oxygen atoms in total. The molecule has 0 aromatic heterocycles. The van der Waals surface area contributed by atoms with E-state index in [0.29, 0.717) is 25.8 Å². The molecular weight excluding hydrogens is 448 g/mol. The summed E-state index contributed by atoms with van der Waals surface area (Å²) in [5.41, 5.74) is -2.38. The maximum absolute atomic E-state index is 14.0. The summed E-state index contributed by atoms with van der Waals surface area (Å²) in [6.45, 7) is 16.8. The number of nitrogens with one attached hydrogen (secondary N) is 1. The van der Waals surface area contributed by atoms with E-state index in [2.05, 4.69) is 26.1 Å². The van der Waals surface area contributed by atoms with Crippen LogP contribution in [0.5, 0.6) is 0 Å². The van der Waals surface area contributed by atoms with Crippen LogP contribution in [0.25, 0.3) is 0 Å². The van der Waals surface area contributed by atoms with Crippen molar-refractivity contribution >= 4 is 17.8 Å². The highest BCUT2D eigenvalue weighted by molar-refractivity contribution is 5.98. The Morgan fingerprint density at radius 1 is 1.20 bits per heavy atom. The van der Waals surface area contributed by atoms with Gasteiger partial charge in [0.25, 0.3) is 0 Å². The summed E-state index contributed by atoms with van der Waals surface area (Å²) < 4.78 is 12.1. The molecule has 0 saturated carbocycles. The van der Waals surface area contributed by atoms with Crippen LogP contribution >= 0.6 is 0 Å². The second-order valence-corrected chi connectivity index (χ2v) is 12.9. The Hall–Kier alpha value is -1.67. The van der Waals surface area contributed by atoms with Crippen molar-refractivity contribution in [2.24, 2.45) is 23.2 Å². The van der Waals surface area contributed by atoms with Gasteiger partial charge in [0.05, 0.1) is 18.1 Å². The fourth-order valence-corrected chi connectivity index (χ4v) is 7.21. The summed E-state index contributed by atoms with van der Waals surface area (Å²) in [6.07, 6.45) is 3.36. The Morgan fingerprint density at radius 3 is 2.43 bits per heavy atom. The molecule has 3 fully saturated rings. The Kier molecular flexibility index (Phi) is 7.70. The number of fused-ring (bicyclic) bond motifs is 1. The lowest BCUT2D eigenvalue weighted by Gasteiger charge is -2.38. The van der Waals surface area contributed by atoms with Gasteiger partial charge in [0.2, 0.25) is 11.8 Å². The van der Waals surface area contributed by atoms with Crippen LogP contribution in [-0.4, -0.2) is 70.3 Å². The molecule has 2 amide bonds. The molecule has 8 heteroatoms. The maximum atomic E-state index is 14.0. The highest BCUT2D eigenvalue weighted by Gasteiger charge is 2.80. The zero-order chi connectivity index (χ0) is 26.4. The summed E-state index contributed by atoms with van der Waals surface area (Å²) in [7, 11) is 0. The second-order valence-electron chi connectivity index (χ2n) is 12.9. The first kappa shape index (κ1) is 27.9. The van der Waals surface area contributed by atoms with Gasteiger partial charge in [-0.1, -0.05) is 27.7 Å². The van der Waals surface area contributed by atoms with Gasteiger partial charge in [-0.2, -0.15) is 0 Å². The van der Waals surface area contributed by atoms with Crippen molar-refractivity contribution in [2.45, 2.75) is 110 Å². The number of rotatable bonds is 10. The van der Waals surface area contributed by atoms with Crippen LogP contribution in [0.15, 0.2) is 0 Å². The normalized spacial score (nSPS) is 34.3. The summed E-state index contributed by atoms with van der Waals surface area (Å²) in [6, 6.07) is -0.808. The number of hydrogen-bond acceptors (Lipinski definition) is 6. The molecule has 1 spiro atoms. The molecule has 3 unspecified atom stereocenters. The lowest BCUT2D eigenvalue weighted by Crippen LogP contribution is -2.59. The van der Waals surface area contributed by atoms with Crippen LogP contribution in [0.4, 0.5) is 0 Å². The van der Waals surface area contributed by atoms with Gasteiger partial charge in [0, 0.05) is 18.7 Å². The molecule has 3 aliphatic heterocycles. The van der Waals surface area contributed by atoms with Crippen molar-refractivity contribution in [3.8, 4) is 0 Å². The minimum absolute atomic E-state index is 0.00631. The van der Waals surface area contributed by atoms with Gasteiger partial charge >= 0.3 is 5.97 Å². The minimum atomic E-state index is -1.05. The minimum Gasteiger partial charge on any atom is -0.466 e. The number of amides is 2. The quantitative estimate of drug-likeness (QED) is 0.357. The topological polar surface area (TPSA) is 105 Å². The van der Waals surface area contributed by atoms with E-state index in [-0.39, 0.29) is 36.4 Å². The molecule has 0 aliphatic carbocycles. The van der Waals surface area contributed by atoms with Crippen molar-refractivity contribution in [2.75, 3.05) is 19.8 Å². The van der Waals surface area contributed by atoms with Crippen molar-refractivity contribution in [3.63, 3.8) is 0 Å². The molecule has 3 rings (SSSR count). The zero-order valence-electron chi connectivity index (χ0n) is 22.9. The van der Waals surface area contributed by atoms with E-state index in [1.54, 1.807) is 11.8 Å². The number of nitrogens with zero attached hydrogens (tertiary/aromatic N) is 1. The van der Waals surface area contributed by atoms with Gasteiger partial charge in [-0.3, -0.25) is 14.4 Å². The molecule has 0 aromatic rings. The number of likely N-dealkylation sites (tertiary alicyclic amines) is 1. The van der Waals surface area contributed by atoms with E-state index in [0.717, 1.165) is 12.8 Å². The number of unbranched alkanes of at least 4 members (excludes halogenated alkanes) is 2. The fourth-order valence-electron chi connectivity index (χ4n) is 7.21. The van der Waals surface area contributed by atoms with Crippen LogP contribution in [0.3, 0.4) is 0 Å². The SMILES string of the molecule is CCOC(=O)[C@@H]1[C@H]2C(=O)N(CCCCCO)C(C(=O)NC(C)(C)CC(C)(C)C)C23CC(C)[C@@]1(C)O3. The average Bonchev–Trinajstić information content (AvgIpc) is 3.20. The first-order chi connectivity index (χ1) is 16.1. The van der Waals surface area contributed by atoms with E-state index in [4.69, 9.17) is 9.47 Å². The first-order valence-electron chi connectivity index (χ1n) is 13.2. The van der Waals surface area contributed by atoms with Crippen LogP contribution in [0, 0.1) is 23.2 Å². The predicted octanol–water partition coefficient (Wildman–Crippen LogP) is 3.05. The van der Waals surface area contributed by atoms with E-state index in [9.17, 15) is 19.5 Å². The average molecular weight is 495 g/mol. The van der Waals surface area contributed by atoms with E-state index in [1.165, 1.54) is 0 Å². The summed E-state index contributed by atoms with van der Waals surface area (Å²) >= 11 is 0. The number of aliphatic hydroxyl groups excluding tert-OH is 1. The molecule has 35 heavy (non-hydrogen) atoms. The van der Waals surface area contributed by atoms with Crippen LogP contribution in [0.2, 0.25) is 0 Å². The Morgan fingerprint density at radius 2 is 1.86 bits per heavy atom. The molecule has 2 N–H and O–H groups in total. The largest absolute Gasteiger partial charge is 0.466 e. The second kappa shape index (κ2) is 9.66. The molecule has 2 bridgehead atoms. The van der Waals surface area contributed by atoms with Gasteiger partial charge in [-0.05, 0) is 71.1 Å². The molecular formula is C27H46N2O6. The Bertz CT molecular complexity index is 836. The van der Waals surface area contributed by atoms with Gasteiger partial charge in [0.1, 0.15) is 17.6 Å². The number of carbonyl (C=O) groups excluding carboxylic acids is 3. The van der Waals surface area contributed by atoms with Crippen LogP contribution in [0.1, 0.15) is 87.5 Å². The van der Waals surface area contributed by atoms with Crippen molar-refractivity contribution in [1.29, 1.82) is 0 Å². The molecule has 6 atom stereocenters. The van der Waals surface area contributed by atoms with Gasteiger partial charge in [0.15, 0.2) is 0 Å². The molecule has 3 aliphatic rings. The molecule has 0 radical (unpaired) electrons. The predicted molar refractivity (Wildman–Crippen MR) is 132 cm³/mol. The molecule has 0 aromatic carbocycles. The highest BCUT2D eigenvalue weighted by atomic mass is 16.6. The van der Waals surface area contributed by atoms with Gasteiger partial charge in [-0.15, -0.1) is 0 Å². The van der Waals surface area contributed by atoms with Crippen molar-refractivity contribution in [1.82, 2.24) is 10.2 Å². The molecule has 3 heterocycles. The number of esters is 1. The third-order valence-electron chi connectivity index (χ3n) is 8.09. The molecule has 3 saturated heterocycles. The summed E-state index contributed by atoms with van der Waals surface area (Å²) in [5, 5.41) is 12.4. The number of hydrogen-bond donors (Lipinski definition) is 2. The van der Waals surface area contributed by atoms with E-state index in [1.807, 2.05) is 27.7 Å². The van der Waals surface area contributed by atoms with Gasteiger partial charge < -0.3 is 24.8 Å². The van der Waals surface area contributed by atoms with E-state index >= 15 is 0 Å². The number of aliphatic hydroxyl groups is 1. The van der Waals surface area contributed by atoms with Crippen LogP contribution < -0.4 is 5.32 Å². The highest BCUT2D eigenvalue weighted by Crippen LogP contribution is 2.65. The third-order valence-corrected chi connectivity index (χ3v) is 8.09. The van der Waals surface area contributed by atoms with Crippen molar-refractivity contribution < 1.29 is 29.0 Å². The van der Waals surface area contributed by atoms with Crippen molar-refractivity contribution in [3.05, 3.63) is 0 Å². The number of ether oxygens (including phenoxy) is 2. The monoisotopic (exact) mass is 494 g/mol. The summed E-state index contributed by atoms with van der Waals surface area (Å²) in [4.78, 5) is 42.7. The Labute approximate surface area is 210 Å². The first-order valence-corrected chi connectivity index (χ1v) is 13.2. The summed E-state index contributed by atoms with van der Waals surface area (Å²) in [5.74, 6) is -2.32. The van der Waals surface area contributed by atoms with Crippen LogP contribution in [-0.2, 0) is 23.9 Å².